The van der Waals surface area contributed by atoms with Crippen LogP contribution in [0.4, 0.5) is 4.79 Å². The van der Waals surface area contributed by atoms with Gasteiger partial charge in [-0.05, 0) is 19.8 Å². The molecule has 0 spiro atoms. The Labute approximate surface area is 195 Å². The first-order valence-electron chi connectivity index (χ1n) is 10.1. The Kier molecular flexibility index (Phi) is 11.0. The van der Waals surface area contributed by atoms with Crippen LogP contribution in [0.5, 0.6) is 0 Å². The number of nitrogens with one attached hydrogen (secondary N) is 3. The van der Waals surface area contributed by atoms with Crippen molar-refractivity contribution in [3.05, 3.63) is 12.2 Å². The van der Waals surface area contributed by atoms with Gasteiger partial charge in [-0.25, -0.2) is 4.79 Å². The Morgan fingerprint density at radius 1 is 1.03 bits per heavy atom. The first kappa shape index (κ1) is 27.6. The number of hydrogen-bond donors (Lipinski definition) is 6. The lowest BCUT2D eigenvalue weighted by atomic mass is 10.0. The second-order valence-electron chi connectivity index (χ2n) is 7.27. The first-order chi connectivity index (χ1) is 15.4. The fraction of sp³-hybridized carbons (Fsp3) is 0.526. The minimum atomic E-state index is -1.38. The third kappa shape index (κ3) is 9.72. The zero-order valence-corrected chi connectivity index (χ0v) is 18.9. The van der Waals surface area contributed by atoms with Gasteiger partial charge < -0.3 is 27.4 Å². The van der Waals surface area contributed by atoms with Gasteiger partial charge in [-0.1, -0.05) is 0 Å². The predicted octanol–water partition coefficient (Wildman–Crippen LogP) is -2.52. The number of primary amides is 2. The highest BCUT2D eigenvalue weighted by Crippen LogP contribution is 2.08. The summed E-state index contributed by atoms with van der Waals surface area (Å²) in [5.74, 6) is -3.94. The second-order valence-corrected chi connectivity index (χ2v) is 8.05. The van der Waals surface area contributed by atoms with Gasteiger partial charge in [0.05, 0.1) is 17.7 Å². The molecule has 0 aromatic rings. The highest BCUT2D eigenvalue weighted by Gasteiger charge is 2.30. The van der Waals surface area contributed by atoms with Crippen LogP contribution in [0.1, 0.15) is 32.6 Å². The average Bonchev–Trinajstić information content (AvgIpc) is 3.04. The van der Waals surface area contributed by atoms with Crippen molar-refractivity contribution in [3.63, 3.8) is 0 Å². The van der Waals surface area contributed by atoms with Gasteiger partial charge in [-0.15, -0.1) is 0 Å². The molecule has 7 amide bonds. The summed E-state index contributed by atoms with van der Waals surface area (Å²) in [6.45, 7) is 1.47. The van der Waals surface area contributed by atoms with Crippen molar-refractivity contribution in [2.45, 2.75) is 49.9 Å². The van der Waals surface area contributed by atoms with Crippen molar-refractivity contribution < 1.29 is 33.6 Å². The molecule has 14 heteroatoms. The Bertz CT molecular complexity index is 826. The third-order valence-corrected chi connectivity index (χ3v) is 4.82. The zero-order valence-electron chi connectivity index (χ0n) is 18.0. The number of ketones is 1. The van der Waals surface area contributed by atoms with Gasteiger partial charge in [0.25, 0.3) is 11.8 Å². The third-order valence-electron chi connectivity index (χ3n) is 4.56. The molecule has 0 aromatic heterocycles. The molecule has 0 radical (unpaired) electrons. The average molecular weight is 485 g/mol. The summed E-state index contributed by atoms with van der Waals surface area (Å²) in [6.07, 6.45) is 1.74. The molecule has 0 saturated heterocycles. The predicted molar refractivity (Wildman–Crippen MR) is 118 cm³/mol. The molecule has 1 unspecified atom stereocenters. The van der Waals surface area contributed by atoms with Crippen LogP contribution >= 0.6 is 12.6 Å². The van der Waals surface area contributed by atoms with Crippen LogP contribution in [0.2, 0.25) is 0 Å². The molecule has 182 valence electrons. The van der Waals surface area contributed by atoms with Crippen LogP contribution < -0.4 is 27.4 Å². The molecule has 0 saturated carbocycles. The molecular formula is C19H28N6O7S. The van der Waals surface area contributed by atoms with E-state index in [0.717, 1.165) is 17.1 Å². The molecule has 3 atom stereocenters. The van der Waals surface area contributed by atoms with Gasteiger partial charge in [0.1, 0.15) is 6.04 Å². The maximum absolute atomic E-state index is 12.7. The second kappa shape index (κ2) is 13.2. The Hall–Kier alpha value is -3.42. The minimum Gasteiger partial charge on any atom is -0.370 e. The molecule has 0 aliphatic carbocycles. The normalized spacial score (nSPS) is 15.5. The Balaban J connectivity index is 2.76. The molecule has 1 aliphatic rings. The summed E-state index contributed by atoms with van der Waals surface area (Å²) in [5.41, 5.74) is 10.2. The van der Waals surface area contributed by atoms with Gasteiger partial charge in [-0.3, -0.25) is 33.7 Å². The van der Waals surface area contributed by atoms with Gasteiger partial charge >= 0.3 is 6.03 Å². The zero-order chi connectivity index (χ0) is 25.1. The monoisotopic (exact) mass is 484 g/mol. The van der Waals surface area contributed by atoms with E-state index in [1.54, 1.807) is 0 Å². The molecule has 1 heterocycles. The summed E-state index contributed by atoms with van der Waals surface area (Å²) in [5, 5.41) is 6.45. The van der Waals surface area contributed by atoms with Gasteiger partial charge in [0.15, 0.2) is 5.78 Å². The van der Waals surface area contributed by atoms with E-state index in [1.807, 2.05) is 0 Å². The number of carbonyl (C=O) groups is 7. The van der Waals surface area contributed by atoms with Gasteiger partial charge in [-0.2, -0.15) is 12.6 Å². The smallest absolute Gasteiger partial charge is 0.312 e. The molecule has 1 aliphatic heterocycles. The number of hydrogen-bond acceptors (Lipinski definition) is 8. The van der Waals surface area contributed by atoms with E-state index in [9.17, 15) is 33.6 Å². The highest BCUT2D eigenvalue weighted by atomic mass is 32.1. The molecule has 0 fully saturated rings. The maximum atomic E-state index is 12.7. The molecule has 1 rings (SSSR count). The number of amides is 7. The summed E-state index contributed by atoms with van der Waals surface area (Å²) in [4.78, 5) is 83.6. The number of rotatable bonds is 14. The number of carbonyl (C=O) groups excluding carboxylic acids is 7. The number of Topliss-reactive ketones (excluding diaryl/α,β-unsaturated/α-hetero) is 1. The number of thiol groups is 1. The van der Waals surface area contributed by atoms with Crippen LogP contribution in [0.15, 0.2) is 12.2 Å². The standard InChI is InChI=1S/C19H28N6O7S/c1-10(33)17(30)11(3-2-7-22-19(21)32)24-18(31)12(9-13(20)26)23-14(27)6-8-25-15(28)4-5-16(25)29/h4-5,10-12,33H,2-3,6-9H2,1H3,(H2,20,26)(H,23,27)(H,24,31)(H3,21,22,32)/t10?,11-,12-/m0/s1. The summed E-state index contributed by atoms with van der Waals surface area (Å²) in [7, 11) is 0. The lowest BCUT2D eigenvalue weighted by molar-refractivity contribution is -0.137. The molecule has 0 aromatic carbocycles. The molecule has 33 heavy (non-hydrogen) atoms. The van der Waals surface area contributed by atoms with Crippen molar-refractivity contribution in [2.75, 3.05) is 13.1 Å². The van der Waals surface area contributed by atoms with E-state index < -0.39 is 65.1 Å². The van der Waals surface area contributed by atoms with E-state index in [-0.39, 0.29) is 25.9 Å². The van der Waals surface area contributed by atoms with Crippen molar-refractivity contribution in [2.24, 2.45) is 11.5 Å². The van der Waals surface area contributed by atoms with Gasteiger partial charge in [0.2, 0.25) is 17.7 Å². The summed E-state index contributed by atoms with van der Waals surface area (Å²) < 4.78 is 0. The lowest BCUT2D eigenvalue weighted by Crippen LogP contribution is -2.54. The van der Waals surface area contributed by atoms with E-state index in [4.69, 9.17) is 11.5 Å². The van der Waals surface area contributed by atoms with Gasteiger partial charge in [0, 0.05) is 31.7 Å². The van der Waals surface area contributed by atoms with Crippen molar-refractivity contribution >= 4 is 54.0 Å². The molecule has 7 N–H and O–H groups in total. The topological polar surface area (TPSA) is 211 Å². The van der Waals surface area contributed by atoms with E-state index >= 15 is 0 Å². The van der Waals surface area contributed by atoms with Crippen LogP contribution in [0.25, 0.3) is 0 Å². The summed E-state index contributed by atoms with van der Waals surface area (Å²) in [6, 6.07) is -3.12. The fourth-order valence-corrected chi connectivity index (χ4v) is 3.09. The van der Waals surface area contributed by atoms with Crippen LogP contribution in [0.3, 0.4) is 0 Å². The van der Waals surface area contributed by atoms with Crippen molar-refractivity contribution in [3.8, 4) is 0 Å². The van der Waals surface area contributed by atoms with Crippen LogP contribution in [0, 0.1) is 0 Å². The Morgan fingerprint density at radius 2 is 1.64 bits per heavy atom. The number of nitrogens with two attached hydrogens (primary N) is 2. The SMILES string of the molecule is CC(S)C(=O)[C@H](CCCNC(N)=O)NC(=O)[C@H](CC(N)=O)NC(=O)CCN1C(=O)C=CC1=O. The van der Waals surface area contributed by atoms with E-state index in [0.29, 0.717) is 6.42 Å². The molecule has 13 nitrogen and oxygen atoms in total. The van der Waals surface area contributed by atoms with Crippen molar-refractivity contribution in [1.29, 1.82) is 0 Å². The first-order valence-corrected chi connectivity index (χ1v) is 10.6. The molecular weight excluding hydrogens is 456 g/mol. The number of nitrogens with zero attached hydrogens (tertiary/aromatic N) is 1. The Morgan fingerprint density at radius 3 is 2.15 bits per heavy atom. The number of urea groups is 1. The minimum absolute atomic E-state index is 0.138. The quantitative estimate of drug-likeness (QED) is 0.0884. The highest BCUT2D eigenvalue weighted by molar-refractivity contribution is 7.81. The van der Waals surface area contributed by atoms with E-state index in [1.165, 1.54) is 6.92 Å². The van der Waals surface area contributed by atoms with Crippen LogP contribution in [-0.2, 0) is 28.8 Å². The van der Waals surface area contributed by atoms with Crippen LogP contribution in [-0.4, -0.2) is 76.7 Å². The fourth-order valence-electron chi connectivity index (χ4n) is 2.91. The number of imide groups is 1. The lowest BCUT2D eigenvalue weighted by Gasteiger charge is -2.23. The van der Waals surface area contributed by atoms with E-state index in [2.05, 4.69) is 28.6 Å². The summed E-state index contributed by atoms with van der Waals surface area (Å²) >= 11 is 4.08. The largest absolute Gasteiger partial charge is 0.370 e. The molecule has 0 bridgehead atoms. The maximum Gasteiger partial charge on any atom is 0.312 e. The van der Waals surface area contributed by atoms with Crippen molar-refractivity contribution in [1.82, 2.24) is 20.9 Å².